The third-order valence-corrected chi connectivity index (χ3v) is 5.18. The van der Waals surface area contributed by atoms with Crippen molar-refractivity contribution in [1.82, 2.24) is 9.55 Å². The monoisotopic (exact) mass is 304 g/mol. The first-order valence-corrected chi connectivity index (χ1v) is 6.82. The molecular weight excluding hydrogens is 288 g/mol. The minimum absolute atomic E-state index is 0.275. The zero-order valence-corrected chi connectivity index (χ0v) is 11.5. The molecule has 0 saturated carbocycles. The third kappa shape index (κ3) is 2.21. The Balaban J connectivity index is 2.47. The summed E-state index contributed by atoms with van der Waals surface area (Å²) in [5, 5.41) is 37.8. The SMILES string of the molecule is Cc1cn([C@@H]2SC(CO)(CO)[C@@H](O)[C@H]2O)c(=O)[nH]c1=O. The predicted molar refractivity (Wildman–Crippen MR) is 71.6 cm³/mol. The second kappa shape index (κ2) is 5.34. The Bertz CT molecular complexity index is 608. The summed E-state index contributed by atoms with van der Waals surface area (Å²) < 4.78 is -0.268. The minimum atomic E-state index is -1.40. The molecule has 112 valence electrons. The highest BCUT2D eigenvalue weighted by Gasteiger charge is 2.54. The first kappa shape index (κ1) is 15.3. The maximum Gasteiger partial charge on any atom is 0.329 e. The lowest BCUT2D eigenvalue weighted by Crippen LogP contribution is -2.46. The summed E-state index contributed by atoms with van der Waals surface area (Å²) in [7, 11) is 0. The summed E-state index contributed by atoms with van der Waals surface area (Å²) in [6, 6.07) is 0. The Labute approximate surface area is 117 Å². The lowest BCUT2D eigenvalue weighted by Gasteiger charge is -2.27. The van der Waals surface area contributed by atoms with Gasteiger partial charge in [-0.3, -0.25) is 14.3 Å². The van der Waals surface area contributed by atoms with Gasteiger partial charge in [-0.1, -0.05) is 0 Å². The van der Waals surface area contributed by atoms with Crippen LogP contribution in [0.15, 0.2) is 15.8 Å². The van der Waals surface area contributed by atoms with Crippen LogP contribution in [-0.2, 0) is 0 Å². The number of hydrogen-bond acceptors (Lipinski definition) is 7. The molecule has 8 nitrogen and oxygen atoms in total. The van der Waals surface area contributed by atoms with Gasteiger partial charge in [-0.2, -0.15) is 0 Å². The molecule has 0 aliphatic carbocycles. The lowest BCUT2D eigenvalue weighted by molar-refractivity contribution is -0.0264. The van der Waals surface area contributed by atoms with Gasteiger partial charge in [-0.15, -0.1) is 11.8 Å². The number of aryl methyl sites for hydroxylation is 1. The van der Waals surface area contributed by atoms with E-state index in [1.54, 1.807) is 0 Å². The second-order valence-corrected chi connectivity index (χ2v) is 6.34. The average molecular weight is 304 g/mol. The fourth-order valence-electron chi connectivity index (χ4n) is 2.16. The number of aliphatic hydroxyl groups excluding tert-OH is 4. The number of nitrogens with zero attached hydrogens (tertiary/aromatic N) is 1. The Morgan fingerprint density at radius 2 is 1.95 bits per heavy atom. The molecule has 1 saturated heterocycles. The van der Waals surface area contributed by atoms with E-state index in [1.807, 2.05) is 0 Å². The van der Waals surface area contributed by atoms with Gasteiger partial charge in [0.2, 0.25) is 0 Å². The summed E-state index contributed by atoms with van der Waals surface area (Å²) in [6.45, 7) is 0.391. The summed E-state index contributed by atoms with van der Waals surface area (Å²) >= 11 is 0.897. The fourth-order valence-corrected chi connectivity index (χ4v) is 3.62. The van der Waals surface area contributed by atoms with Crippen LogP contribution in [0.4, 0.5) is 0 Å². The largest absolute Gasteiger partial charge is 0.395 e. The number of rotatable bonds is 3. The van der Waals surface area contributed by atoms with Crippen LogP contribution in [0.2, 0.25) is 0 Å². The highest BCUT2D eigenvalue weighted by atomic mass is 32.2. The summed E-state index contributed by atoms with van der Waals surface area (Å²) in [5.74, 6) is 0. The number of aromatic amines is 1. The van der Waals surface area contributed by atoms with Gasteiger partial charge in [0.1, 0.15) is 17.6 Å². The van der Waals surface area contributed by atoms with Crippen LogP contribution >= 0.6 is 11.8 Å². The fraction of sp³-hybridized carbons (Fsp3) is 0.636. The van der Waals surface area contributed by atoms with Crippen LogP contribution in [-0.4, -0.2) is 60.1 Å². The molecule has 3 atom stereocenters. The van der Waals surface area contributed by atoms with Gasteiger partial charge in [0.25, 0.3) is 5.56 Å². The highest BCUT2D eigenvalue weighted by Crippen LogP contribution is 2.48. The first-order valence-electron chi connectivity index (χ1n) is 5.94. The van der Waals surface area contributed by atoms with E-state index in [2.05, 4.69) is 4.98 Å². The highest BCUT2D eigenvalue weighted by molar-refractivity contribution is 8.01. The van der Waals surface area contributed by atoms with Crippen LogP contribution < -0.4 is 11.2 Å². The summed E-state index contributed by atoms with van der Waals surface area (Å²) in [4.78, 5) is 25.2. The van der Waals surface area contributed by atoms with Crippen LogP contribution in [0.3, 0.4) is 0 Å². The average Bonchev–Trinajstić information content (AvgIpc) is 2.68. The molecule has 9 heteroatoms. The second-order valence-electron chi connectivity index (χ2n) is 4.80. The van der Waals surface area contributed by atoms with E-state index in [0.29, 0.717) is 0 Å². The molecule has 1 aliphatic heterocycles. The molecular formula is C11H16N2O6S. The van der Waals surface area contributed by atoms with Gasteiger partial charge in [0.15, 0.2) is 0 Å². The van der Waals surface area contributed by atoms with Crippen molar-refractivity contribution in [2.24, 2.45) is 0 Å². The van der Waals surface area contributed by atoms with Crippen molar-refractivity contribution >= 4 is 11.8 Å². The Morgan fingerprint density at radius 3 is 2.45 bits per heavy atom. The smallest absolute Gasteiger partial charge is 0.329 e. The third-order valence-electron chi connectivity index (χ3n) is 3.47. The van der Waals surface area contributed by atoms with Gasteiger partial charge >= 0.3 is 5.69 Å². The zero-order valence-electron chi connectivity index (χ0n) is 10.7. The summed E-state index contributed by atoms with van der Waals surface area (Å²) in [5.41, 5.74) is -0.978. The number of nitrogens with one attached hydrogen (secondary N) is 1. The van der Waals surface area contributed by atoms with E-state index in [4.69, 9.17) is 0 Å². The molecule has 0 aromatic carbocycles. The molecule has 1 fully saturated rings. The molecule has 20 heavy (non-hydrogen) atoms. The van der Waals surface area contributed by atoms with Crippen molar-refractivity contribution in [3.05, 3.63) is 32.6 Å². The van der Waals surface area contributed by atoms with E-state index >= 15 is 0 Å². The van der Waals surface area contributed by atoms with E-state index in [9.17, 15) is 30.0 Å². The molecule has 1 aliphatic rings. The quantitative estimate of drug-likeness (QED) is 0.418. The lowest BCUT2D eigenvalue weighted by atomic mass is 9.99. The van der Waals surface area contributed by atoms with Crippen molar-refractivity contribution in [2.75, 3.05) is 13.2 Å². The predicted octanol–water partition coefficient (Wildman–Crippen LogP) is -2.46. The van der Waals surface area contributed by atoms with Gasteiger partial charge < -0.3 is 20.4 Å². The van der Waals surface area contributed by atoms with E-state index in [1.165, 1.54) is 13.1 Å². The van der Waals surface area contributed by atoms with Crippen LogP contribution in [0.1, 0.15) is 10.9 Å². The number of thioether (sulfide) groups is 1. The summed E-state index contributed by atoms with van der Waals surface area (Å²) in [6.07, 6.45) is -1.48. The molecule has 0 unspecified atom stereocenters. The number of aromatic nitrogens is 2. The topological polar surface area (TPSA) is 136 Å². The van der Waals surface area contributed by atoms with Gasteiger partial charge in [-0.05, 0) is 6.92 Å². The standard InChI is InChI=1S/C11H16N2O6S/c1-5-2-13(10(19)12-8(5)18)9-6(16)7(17)11(3-14,4-15)20-9/h2,6-7,9,14-17H,3-4H2,1H3,(H,12,18,19)/t6-,7+,9-/m1/s1. The van der Waals surface area contributed by atoms with Crippen LogP contribution in [0.5, 0.6) is 0 Å². The minimum Gasteiger partial charge on any atom is -0.395 e. The van der Waals surface area contributed by atoms with E-state index in [0.717, 1.165) is 16.3 Å². The molecule has 5 N–H and O–H groups in total. The molecule has 1 aromatic heterocycles. The van der Waals surface area contributed by atoms with Crippen molar-refractivity contribution in [3.63, 3.8) is 0 Å². The van der Waals surface area contributed by atoms with E-state index < -0.39 is 46.8 Å². The Hall–Kier alpha value is -1.13. The van der Waals surface area contributed by atoms with Gasteiger partial charge in [0.05, 0.1) is 18.0 Å². The van der Waals surface area contributed by atoms with Crippen molar-refractivity contribution < 1.29 is 20.4 Å². The first-order chi connectivity index (χ1) is 9.36. The zero-order chi connectivity index (χ0) is 15.1. The van der Waals surface area contributed by atoms with Crippen LogP contribution in [0, 0.1) is 6.92 Å². The molecule has 1 aromatic rings. The molecule has 2 heterocycles. The Morgan fingerprint density at radius 1 is 1.35 bits per heavy atom. The maximum absolute atomic E-state index is 11.8. The number of aliphatic hydroxyl groups is 4. The molecule has 0 amide bonds. The number of hydrogen-bond donors (Lipinski definition) is 5. The van der Waals surface area contributed by atoms with E-state index in [-0.39, 0.29) is 5.56 Å². The van der Waals surface area contributed by atoms with Crippen molar-refractivity contribution in [3.8, 4) is 0 Å². The molecule has 2 rings (SSSR count). The normalized spacial score (nSPS) is 28.8. The maximum atomic E-state index is 11.8. The van der Waals surface area contributed by atoms with Gasteiger partial charge in [-0.25, -0.2) is 4.79 Å². The van der Waals surface area contributed by atoms with Gasteiger partial charge in [0, 0.05) is 11.8 Å². The van der Waals surface area contributed by atoms with Crippen molar-refractivity contribution in [2.45, 2.75) is 29.3 Å². The Kier molecular flexibility index (Phi) is 4.07. The van der Waals surface area contributed by atoms with Crippen LogP contribution in [0.25, 0.3) is 0 Å². The van der Waals surface area contributed by atoms with Crippen molar-refractivity contribution in [1.29, 1.82) is 0 Å². The molecule has 0 bridgehead atoms. The molecule has 0 radical (unpaired) electrons. The number of H-pyrrole nitrogens is 1. The molecule has 0 spiro atoms.